The molecule has 1 atom stereocenters. The van der Waals surface area contributed by atoms with Crippen molar-refractivity contribution in [3.8, 4) is 0 Å². The van der Waals surface area contributed by atoms with Gasteiger partial charge in [-0.2, -0.15) is 0 Å². The molecule has 1 aromatic carbocycles. The summed E-state index contributed by atoms with van der Waals surface area (Å²) in [6.45, 7) is 5.70. The number of anilines is 1. The monoisotopic (exact) mass is 318 g/mol. The van der Waals surface area contributed by atoms with Gasteiger partial charge in [0.05, 0.1) is 6.04 Å². The predicted molar refractivity (Wildman–Crippen MR) is 87.0 cm³/mol. The third-order valence-corrected chi connectivity index (χ3v) is 5.24. The van der Waals surface area contributed by atoms with Gasteiger partial charge in [0.25, 0.3) is 0 Å². The van der Waals surface area contributed by atoms with Gasteiger partial charge in [0.1, 0.15) is 5.82 Å². The van der Waals surface area contributed by atoms with E-state index < -0.39 is 0 Å². The fraction of sp³-hybridized carbons (Fsp3) is 0.588. The Bertz CT molecular complexity index is 602. The third kappa shape index (κ3) is 2.76. The second-order valence-electron chi connectivity index (χ2n) is 6.70. The molecular weight excluding hydrogens is 295 g/mol. The molecule has 124 valence electrons. The molecule has 4 rings (SSSR count). The number of fused-ring (bicyclic) bond motifs is 1. The highest BCUT2D eigenvalue weighted by Crippen LogP contribution is 2.28. The molecule has 0 saturated carbocycles. The number of carbonyl (C=O) groups excluding carboxylic acids is 1. The molecule has 3 fully saturated rings. The van der Waals surface area contributed by atoms with Crippen LogP contribution in [-0.4, -0.2) is 61.1 Å². The summed E-state index contributed by atoms with van der Waals surface area (Å²) in [7, 11) is 0. The summed E-state index contributed by atoms with van der Waals surface area (Å²) in [5.41, 5.74) is 1.85. The topological polar surface area (TPSA) is 38.8 Å². The van der Waals surface area contributed by atoms with Crippen molar-refractivity contribution in [2.24, 2.45) is 0 Å². The molecule has 0 radical (unpaired) electrons. The third-order valence-electron chi connectivity index (χ3n) is 5.24. The van der Waals surface area contributed by atoms with Gasteiger partial charge < -0.3 is 15.1 Å². The van der Waals surface area contributed by atoms with E-state index in [4.69, 9.17) is 0 Å². The Morgan fingerprint density at radius 1 is 1.17 bits per heavy atom. The van der Waals surface area contributed by atoms with Gasteiger partial charge in [0.15, 0.2) is 0 Å². The lowest BCUT2D eigenvalue weighted by atomic mass is 10.1. The SMILES string of the molecule is O=C1NC[C@@H]2CN(Cc3c(F)cccc3N3CCCC3)CCN12. The first-order chi connectivity index (χ1) is 11.2. The molecule has 6 heteroatoms. The zero-order chi connectivity index (χ0) is 15.8. The molecule has 2 amide bonds. The summed E-state index contributed by atoms with van der Waals surface area (Å²) >= 11 is 0. The van der Waals surface area contributed by atoms with Gasteiger partial charge in [-0.1, -0.05) is 6.07 Å². The Morgan fingerprint density at radius 3 is 2.83 bits per heavy atom. The Morgan fingerprint density at radius 2 is 2.00 bits per heavy atom. The molecule has 0 bridgehead atoms. The van der Waals surface area contributed by atoms with Crippen LogP contribution in [-0.2, 0) is 6.54 Å². The van der Waals surface area contributed by atoms with Gasteiger partial charge in [-0.15, -0.1) is 0 Å². The largest absolute Gasteiger partial charge is 0.371 e. The number of urea groups is 1. The van der Waals surface area contributed by atoms with Gasteiger partial charge in [-0.05, 0) is 25.0 Å². The lowest BCUT2D eigenvalue weighted by Gasteiger charge is -2.37. The van der Waals surface area contributed by atoms with Crippen molar-refractivity contribution >= 4 is 11.7 Å². The fourth-order valence-electron chi connectivity index (χ4n) is 3.99. The lowest BCUT2D eigenvalue weighted by Crippen LogP contribution is -2.51. The number of amides is 2. The van der Waals surface area contributed by atoms with Crippen LogP contribution in [0.2, 0.25) is 0 Å². The number of halogens is 1. The normalized spacial score (nSPS) is 24.9. The Hall–Kier alpha value is -1.82. The Kier molecular flexibility index (Phi) is 3.85. The Labute approximate surface area is 136 Å². The van der Waals surface area contributed by atoms with Crippen molar-refractivity contribution < 1.29 is 9.18 Å². The van der Waals surface area contributed by atoms with Crippen LogP contribution in [0, 0.1) is 5.82 Å². The standard InChI is InChI=1S/C17H23FN4O/c18-15-4-3-5-16(21-6-1-2-7-21)14(15)12-20-8-9-22-13(11-20)10-19-17(22)23/h3-5,13H,1-2,6-12H2,(H,19,23)/t13-/m1/s1. The van der Waals surface area contributed by atoms with Crippen LogP contribution in [0.3, 0.4) is 0 Å². The summed E-state index contributed by atoms with van der Waals surface area (Å²) in [6, 6.07) is 5.67. The maximum absolute atomic E-state index is 14.5. The summed E-state index contributed by atoms with van der Waals surface area (Å²) in [6.07, 6.45) is 2.37. The van der Waals surface area contributed by atoms with Crippen LogP contribution < -0.4 is 10.2 Å². The van der Waals surface area contributed by atoms with Crippen molar-refractivity contribution in [2.45, 2.75) is 25.4 Å². The fourth-order valence-corrected chi connectivity index (χ4v) is 3.99. The first kappa shape index (κ1) is 14.8. The van der Waals surface area contributed by atoms with Crippen LogP contribution in [0.25, 0.3) is 0 Å². The van der Waals surface area contributed by atoms with Crippen LogP contribution in [0.1, 0.15) is 18.4 Å². The molecule has 23 heavy (non-hydrogen) atoms. The second-order valence-corrected chi connectivity index (χ2v) is 6.70. The van der Waals surface area contributed by atoms with E-state index in [9.17, 15) is 9.18 Å². The van der Waals surface area contributed by atoms with Crippen molar-refractivity contribution in [1.82, 2.24) is 15.1 Å². The zero-order valence-corrected chi connectivity index (χ0v) is 13.3. The first-order valence-corrected chi connectivity index (χ1v) is 8.51. The van der Waals surface area contributed by atoms with E-state index in [0.717, 1.165) is 44.0 Å². The molecule has 1 N–H and O–H groups in total. The average Bonchev–Trinajstić information content (AvgIpc) is 3.20. The lowest BCUT2D eigenvalue weighted by molar-refractivity contribution is 0.116. The maximum atomic E-state index is 14.5. The average molecular weight is 318 g/mol. The van der Waals surface area contributed by atoms with E-state index in [0.29, 0.717) is 13.1 Å². The highest BCUT2D eigenvalue weighted by atomic mass is 19.1. The first-order valence-electron chi connectivity index (χ1n) is 8.51. The summed E-state index contributed by atoms with van der Waals surface area (Å²) in [4.78, 5) is 18.2. The number of rotatable bonds is 3. The molecule has 0 unspecified atom stereocenters. The van der Waals surface area contributed by atoms with Gasteiger partial charge in [0, 0.05) is 57.1 Å². The van der Waals surface area contributed by atoms with Crippen LogP contribution in [0.5, 0.6) is 0 Å². The predicted octanol–water partition coefficient (Wildman–Crippen LogP) is 1.64. The molecule has 3 aliphatic rings. The summed E-state index contributed by atoms with van der Waals surface area (Å²) in [5.74, 6) is -0.113. The minimum absolute atomic E-state index is 0.0401. The minimum atomic E-state index is -0.113. The molecule has 3 aliphatic heterocycles. The number of carbonyl (C=O) groups is 1. The van der Waals surface area contributed by atoms with Gasteiger partial charge >= 0.3 is 6.03 Å². The molecular formula is C17H23FN4O. The van der Waals surface area contributed by atoms with Crippen molar-refractivity contribution in [3.05, 3.63) is 29.6 Å². The second kappa shape index (κ2) is 6.00. The van der Waals surface area contributed by atoms with Crippen molar-refractivity contribution in [3.63, 3.8) is 0 Å². The molecule has 1 aromatic rings. The Balaban J connectivity index is 1.51. The van der Waals surface area contributed by atoms with E-state index in [1.54, 1.807) is 6.07 Å². The number of benzene rings is 1. The van der Waals surface area contributed by atoms with E-state index >= 15 is 0 Å². The van der Waals surface area contributed by atoms with Crippen LogP contribution in [0.4, 0.5) is 14.9 Å². The van der Waals surface area contributed by atoms with Crippen LogP contribution in [0.15, 0.2) is 18.2 Å². The number of hydrogen-bond acceptors (Lipinski definition) is 3. The molecule has 0 aromatic heterocycles. The maximum Gasteiger partial charge on any atom is 0.317 e. The highest BCUT2D eigenvalue weighted by Gasteiger charge is 2.35. The highest BCUT2D eigenvalue weighted by molar-refractivity contribution is 5.77. The van der Waals surface area contributed by atoms with E-state index in [1.807, 2.05) is 17.0 Å². The van der Waals surface area contributed by atoms with E-state index in [-0.39, 0.29) is 17.9 Å². The van der Waals surface area contributed by atoms with Gasteiger partial charge in [-0.3, -0.25) is 4.90 Å². The number of nitrogens with one attached hydrogen (secondary N) is 1. The molecule has 0 spiro atoms. The number of nitrogens with zero attached hydrogens (tertiary/aromatic N) is 3. The molecule has 5 nitrogen and oxygen atoms in total. The van der Waals surface area contributed by atoms with Gasteiger partial charge in [0.2, 0.25) is 0 Å². The number of hydrogen-bond donors (Lipinski definition) is 1. The van der Waals surface area contributed by atoms with E-state index in [2.05, 4.69) is 15.1 Å². The summed E-state index contributed by atoms with van der Waals surface area (Å²) in [5, 5.41) is 2.89. The van der Waals surface area contributed by atoms with E-state index in [1.165, 1.54) is 12.8 Å². The smallest absolute Gasteiger partial charge is 0.317 e. The molecule has 0 aliphatic carbocycles. The molecule has 3 saturated heterocycles. The van der Waals surface area contributed by atoms with Crippen molar-refractivity contribution in [2.75, 3.05) is 44.2 Å². The van der Waals surface area contributed by atoms with Gasteiger partial charge in [-0.25, -0.2) is 9.18 Å². The minimum Gasteiger partial charge on any atom is -0.371 e. The zero-order valence-electron chi connectivity index (χ0n) is 13.3. The molecule has 3 heterocycles. The quantitative estimate of drug-likeness (QED) is 0.921. The summed E-state index contributed by atoms with van der Waals surface area (Å²) < 4.78 is 14.5. The van der Waals surface area contributed by atoms with Crippen molar-refractivity contribution in [1.29, 1.82) is 0 Å². The van der Waals surface area contributed by atoms with Crippen LogP contribution >= 0.6 is 0 Å². The number of piperazine rings is 1.